The van der Waals surface area contributed by atoms with Crippen molar-refractivity contribution in [2.75, 3.05) is 6.61 Å². The molecule has 92 valence electrons. The molecule has 1 aliphatic rings. The van der Waals surface area contributed by atoms with Gasteiger partial charge in [0.2, 0.25) is 0 Å². The maximum absolute atomic E-state index is 11.5. The van der Waals surface area contributed by atoms with Crippen LogP contribution in [-0.4, -0.2) is 17.7 Å². The predicted molar refractivity (Wildman–Crippen MR) is 64.4 cm³/mol. The number of benzene rings is 1. The molecule has 0 spiro atoms. The third-order valence-corrected chi connectivity index (χ3v) is 3.34. The minimum atomic E-state index is -0.844. The summed E-state index contributed by atoms with van der Waals surface area (Å²) in [5.74, 6) is -0.342. The second-order valence-corrected chi connectivity index (χ2v) is 4.76. The Labute approximate surface area is 101 Å². The third-order valence-electron chi connectivity index (χ3n) is 3.34. The zero-order valence-corrected chi connectivity index (χ0v) is 10.3. The number of hydrogen-bond donors (Lipinski definition) is 1. The first-order chi connectivity index (χ1) is 8.05. The highest BCUT2D eigenvalue weighted by atomic mass is 16.5. The van der Waals surface area contributed by atoms with Crippen LogP contribution in [0.15, 0.2) is 24.3 Å². The predicted octanol–water partition coefficient (Wildman–Crippen LogP) is 2.16. The maximum Gasteiger partial charge on any atom is 0.309 e. The van der Waals surface area contributed by atoms with Crippen LogP contribution in [0.5, 0.6) is 0 Å². The van der Waals surface area contributed by atoms with Gasteiger partial charge >= 0.3 is 5.97 Å². The molecule has 2 rings (SSSR count). The van der Waals surface area contributed by atoms with Gasteiger partial charge in [0, 0.05) is 0 Å². The van der Waals surface area contributed by atoms with Crippen molar-refractivity contribution in [2.45, 2.75) is 32.3 Å². The second kappa shape index (κ2) is 4.49. The Kier molecular flexibility index (Phi) is 3.20. The van der Waals surface area contributed by atoms with Gasteiger partial charge in [0.05, 0.1) is 18.1 Å². The number of hydrogen-bond acceptors (Lipinski definition) is 3. The lowest BCUT2D eigenvalue weighted by Crippen LogP contribution is -2.45. The summed E-state index contributed by atoms with van der Waals surface area (Å²) in [7, 11) is 0. The van der Waals surface area contributed by atoms with E-state index in [4.69, 9.17) is 4.74 Å². The second-order valence-electron chi connectivity index (χ2n) is 4.76. The molecule has 17 heavy (non-hydrogen) atoms. The van der Waals surface area contributed by atoms with Crippen LogP contribution >= 0.6 is 0 Å². The van der Waals surface area contributed by atoms with E-state index in [1.807, 2.05) is 31.2 Å². The van der Waals surface area contributed by atoms with Crippen molar-refractivity contribution in [1.29, 1.82) is 0 Å². The minimum absolute atomic E-state index is 0.152. The summed E-state index contributed by atoms with van der Waals surface area (Å²) in [6.07, 6.45) is 0.935. The average molecular weight is 234 g/mol. The summed E-state index contributed by atoms with van der Waals surface area (Å²) in [6.45, 7) is 4.19. The molecule has 1 aromatic carbocycles. The number of esters is 1. The fourth-order valence-corrected chi connectivity index (χ4v) is 2.35. The molecule has 0 heterocycles. The summed E-state index contributed by atoms with van der Waals surface area (Å²) >= 11 is 0. The smallest absolute Gasteiger partial charge is 0.309 e. The topological polar surface area (TPSA) is 46.5 Å². The Balaban J connectivity index is 2.03. The molecule has 1 fully saturated rings. The van der Waals surface area contributed by atoms with Gasteiger partial charge in [-0.05, 0) is 32.3 Å². The van der Waals surface area contributed by atoms with Gasteiger partial charge in [-0.25, -0.2) is 0 Å². The Morgan fingerprint density at radius 2 is 2.24 bits per heavy atom. The van der Waals surface area contributed by atoms with E-state index in [1.165, 1.54) is 0 Å². The zero-order valence-electron chi connectivity index (χ0n) is 10.3. The highest BCUT2D eigenvalue weighted by Crippen LogP contribution is 2.46. The van der Waals surface area contributed by atoms with Gasteiger partial charge in [0.25, 0.3) is 0 Å². The van der Waals surface area contributed by atoms with Gasteiger partial charge in [-0.15, -0.1) is 0 Å². The molecular weight excluding hydrogens is 216 g/mol. The van der Waals surface area contributed by atoms with Gasteiger partial charge in [0.1, 0.15) is 0 Å². The summed E-state index contributed by atoms with van der Waals surface area (Å²) in [6, 6.07) is 7.81. The van der Waals surface area contributed by atoms with Gasteiger partial charge in [-0.1, -0.05) is 29.8 Å². The van der Waals surface area contributed by atoms with Crippen molar-refractivity contribution < 1.29 is 14.6 Å². The lowest BCUT2D eigenvalue weighted by Gasteiger charge is -2.42. The molecule has 0 amide bonds. The molecular formula is C14H18O3. The van der Waals surface area contributed by atoms with Crippen molar-refractivity contribution in [3.8, 4) is 0 Å². The summed E-state index contributed by atoms with van der Waals surface area (Å²) < 4.78 is 4.95. The monoisotopic (exact) mass is 234 g/mol. The zero-order chi connectivity index (χ0) is 12.5. The molecule has 1 N–H and O–H groups in total. The normalized spacial score (nSPS) is 27.4. The van der Waals surface area contributed by atoms with Crippen molar-refractivity contribution in [2.24, 2.45) is 5.92 Å². The van der Waals surface area contributed by atoms with E-state index in [2.05, 4.69) is 0 Å². The van der Waals surface area contributed by atoms with Gasteiger partial charge < -0.3 is 9.84 Å². The van der Waals surface area contributed by atoms with E-state index in [0.29, 0.717) is 19.4 Å². The SMILES string of the molecule is CCOC(=O)C1CC(O)(c2cccc(C)c2)C1. The fourth-order valence-electron chi connectivity index (χ4n) is 2.35. The largest absolute Gasteiger partial charge is 0.466 e. The van der Waals surface area contributed by atoms with Crippen molar-refractivity contribution in [1.82, 2.24) is 0 Å². The van der Waals surface area contributed by atoms with Crippen molar-refractivity contribution in [3.05, 3.63) is 35.4 Å². The van der Waals surface area contributed by atoms with Crippen molar-refractivity contribution in [3.63, 3.8) is 0 Å². The summed E-state index contributed by atoms with van der Waals surface area (Å²) in [4.78, 5) is 11.5. The molecule has 0 atom stereocenters. The van der Waals surface area contributed by atoms with E-state index in [9.17, 15) is 9.90 Å². The third kappa shape index (κ3) is 2.34. The van der Waals surface area contributed by atoms with Gasteiger partial charge in [-0.3, -0.25) is 4.79 Å². The standard InChI is InChI=1S/C14H18O3/c1-3-17-13(15)11-8-14(16,9-11)12-6-4-5-10(2)7-12/h4-7,11,16H,3,8-9H2,1-2H3. The van der Waals surface area contributed by atoms with Crippen LogP contribution in [0.4, 0.5) is 0 Å². The molecule has 1 aliphatic carbocycles. The number of rotatable bonds is 3. The molecule has 0 bridgehead atoms. The molecule has 3 heteroatoms. The molecule has 0 aliphatic heterocycles. The molecule has 1 saturated carbocycles. The quantitative estimate of drug-likeness (QED) is 0.815. The molecule has 0 unspecified atom stereocenters. The van der Waals surface area contributed by atoms with E-state index >= 15 is 0 Å². The highest BCUT2D eigenvalue weighted by Gasteiger charge is 2.47. The van der Waals surface area contributed by atoms with E-state index in [0.717, 1.165) is 11.1 Å². The van der Waals surface area contributed by atoms with Crippen LogP contribution in [0, 0.1) is 12.8 Å². The first-order valence-corrected chi connectivity index (χ1v) is 6.01. The Bertz CT molecular complexity index is 419. The lowest BCUT2D eigenvalue weighted by atomic mass is 9.67. The van der Waals surface area contributed by atoms with E-state index in [-0.39, 0.29) is 11.9 Å². The Morgan fingerprint density at radius 3 is 2.82 bits per heavy atom. The van der Waals surface area contributed by atoms with Crippen LogP contribution in [0.25, 0.3) is 0 Å². The molecule has 0 saturated heterocycles. The van der Waals surface area contributed by atoms with Crippen LogP contribution in [0.3, 0.4) is 0 Å². The number of carbonyl (C=O) groups excluding carboxylic acids is 1. The van der Waals surface area contributed by atoms with Crippen molar-refractivity contribution >= 4 is 5.97 Å². The fraction of sp³-hybridized carbons (Fsp3) is 0.500. The number of aliphatic hydroxyl groups is 1. The van der Waals surface area contributed by atoms with Crippen LogP contribution in [0.2, 0.25) is 0 Å². The van der Waals surface area contributed by atoms with Crippen LogP contribution in [0.1, 0.15) is 30.9 Å². The number of carbonyl (C=O) groups is 1. The summed E-state index contributed by atoms with van der Waals surface area (Å²) in [5.41, 5.74) is 1.18. The molecule has 0 aromatic heterocycles. The lowest BCUT2D eigenvalue weighted by molar-refractivity contribution is -0.165. The van der Waals surface area contributed by atoms with Gasteiger partial charge in [0.15, 0.2) is 0 Å². The summed E-state index contributed by atoms with van der Waals surface area (Å²) in [5, 5.41) is 10.4. The Hall–Kier alpha value is -1.35. The molecule has 3 nitrogen and oxygen atoms in total. The first kappa shape index (κ1) is 12.1. The Morgan fingerprint density at radius 1 is 1.53 bits per heavy atom. The highest BCUT2D eigenvalue weighted by molar-refractivity contribution is 5.74. The minimum Gasteiger partial charge on any atom is -0.466 e. The van der Waals surface area contributed by atoms with Crippen LogP contribution < -0.4 is 0 Å². The molecule has 0 radical (unpaired) electrons. The first-order valence-electron chi connectivity index (χ1n) is 6.01. The van der Waals surface area contributed by atoms with Crippen LogP contribution in [-0.2, 0) is 15.1 Å². The molecule has 1 aromatic rings. The number of aryl methyl sites for hydroxylation is 1. The van der Waals surface area contributed by atoms with E-state index < -0.39 is 5.60 Å². The average Bonchev–Trinajstić information content (AvgIpc) is 2.25. The van der Waals surface area contributed by atoms with Gasteiger partial charge in [-0.2, -0.15) is 0 Å². The number of ether oxygens (including phenoxy) is 1. The van der Waals surface area contributed by atoms with E-state index in [1.54, 1.807) is 6.92 Å². The maximum atomic E-state index is 11.5.